The van der Waals surface area contributed by atoms with Crippen molar-refractivity contribution in [2.24, 2.45) is 0 Å². The third-order valence-corrected chi connectivity index (χ3v) is 2.78. The third-order valence-electron chi connectivity index (χ3n) is 2.78. The lowest BCUT2D eigenvalue weighted by atomic mass is 10.2. The zero-order valence-electron chi connectivity index (χ0n) is 11.5. The smallest absolute Gasteiger partial charge is 0.337 e. The lowest BCUT2D eigenvalue weighted by Crippen LogP contribution is -2.00. The molecule has 21 heavy (non-hydrogen) atoms. The van der Waals surface area contributed by atoms with Crippen LogP contribution in [0.15, 0.2) is 54.6 Å². The van der Waals surface area contributed by atoms with Crippen molar-refractivity contribution in [3.05, 3.63) is 65.7 Å². The number of ether oxygens (including phenoxy) is 2. The fourth-order valence-electron chi connectivity index (χ4n) is 1.76. The van der Waals surface area contributed by atoms with Gasteiger partial charge in [-0.2, -0.15) is 0 Å². The van der Waals surface area contributed by atoms with Gasteiger partial charge in [0, 0.05) is 5.56 Å². The van der Waals surface area contributed by atoms with Crippen molar-refractivity contribution in [2.45, 2.75) is 0 Å². The van der Waals surface area contributed by atoms with E-state index in [0.29, 0.717) is 23.3 Å². The number of esters is 1. The molecule has 0 heterocycles. The second kappa shape index (κ2) is 7.05. The number of carbonyl (C=O) groups is 2. The summed E-state index contributed by atoms with van der Waals surface area (Å²) in [6.45, 7) is 0. The fourth-order valence-corrected chi connectivity index (χ4v) is 1.76. The van der Waals surface area contributed by atoms with Crippen LogP contribution in [0, 0.1) is 0 Å². The highest BCUT2D eigenvalue weighted by Crippen LogP contribution is 2.26. The van der Waals surface area contributed by atoms with E-state index in [1.807, 2.05) is 18.2 Å². The molecule has 0 bridgehead atoms. The Hall–Kier alpha value is -2.88. The van der Waals surface area contributed by atoms with Gasteiger partial charge >= 0.3 is 5.97 Å². The van der Waals surface area contributed by atoms with E-state index in [0.717, 1.165) is 5.56 Å². The molecule has 106 valence electrons. The second-order valence-corrected chi connectivity index (χ2v) is 4.15. The number of carbonyl (C=O) groups excluding carboxylic acids is 2. The number of hydrogen-bond donors (Lipinski definition) is 0. The van der Waals surface area contributed by atoms with Crippen LogP contribution in [0.3, 0.4) is 0 Å². The number of rotatable bonds is 5. The summed E-state index contributed by atoms with van der Waals surface area (Å²) in [6, 6.07) is 14.0. The van der Waals surface area contributed by atoms with E-state index in [2.05, 4.69) is 4.74 Å². The zero-order chi connectivity index (χ0) is 15.1. The molecule has 4 heteroatoms. The van der Waals surface area contributed by atoms with Gasteiger partial charge in [-0.15, -0.1) is 0 Å². The van der Waals surface area contributed by atoms with Crippen LogP contribution in [-0.4, -0.2) is 19.4 Å². The lowest BCUT2D eigenvalue weighted by Gasteiger charge is -2.09. The predicted octanol–water partition coefficient (Wildman–Crippen LogP) is 3.48. The standard InChI is InChI=1S/C17H14O4/c1-20-17(19)14-8-10-15(11-9-14)21-16-7-3-2-5-13(16)6-4-12-18/h2-12H,1H3/b6-4+. The number of para-hydroxylation sites is 1. The normalized spacial score (nSPS) is 10.3. The molecular formula is C17H14O4. The van der Waals surface area contributed by atoms with Crippen LogP contribution in [0.4, 0.5) is 0 Å². The van der Waals surface area contributed by atoms with Gasteiger partial charge in [0.2, 0.25) is 0 Å². The number of hydrogen-bond acceptors (Lipinski definition) is 4. The van der Waals surface area contributed by atoms with Crippen LogP contribution in [0.2, 0.25) is 0 Å². The molecular weight excluding hydrogens is 268 g/mol. The van der Waals surface area contributed by atoms with E-state index in [9.17, 15) is 9.59 Å². The highest BCUT2D eigenvalue weighted by Gasteiger charge is 2.06. The predicted molar refractivity (Wildman–Crippen MR) is 79.4 cm³/mol. The van der Waals surface area contributed by atoms with Gasteiger partial charge in [0.05, 0.1) is 12.7 Å². The molecule has 0 radical (unpaired) electrons. The summed E-state index contributed by atoms with van der Waals surface area (Å²) < 4.78 is 10.4. The fraction of sp³-hybridized carbons (Fsp3) is 0.0588. The minimum Gasteiger partial charge on any atom is -0.465 e. The maximum Gasteiger partial charge on any atom is 0.337 e. The largest absolute Gasteiger partial charge is 0.465 e. The first kappa shape index (κ1) is 14.5. The molecule has 0 N–H and O–H groups in total. The van der Waals surface area contributed by atoms with Gasteiger partial charge in [0.1, 0.15) is 17.8 Å². The molecule has 0 aliphatic rings. The zero-order valence-corrected chi connectivity index (χ0v) is 11.5. The first-order valence-corrected chi connectivity index (χ1v) is 6.31. The Kier molecular flexibility index (Phi) is 4.88. The highest BCUT2D eigenvalue weighted by atomic mass is 16.5. The van der Waals surface area contributed by atoms with E-state index in [4.69, 9.17) is 4.74 Å². The first-order valence-electron chi connectivity index (χ1n) is 6.31. The van der Waals surface area contributed by atoms with E-state index in [-0.39, 0.29) is 0 Å². The van der Waals surface area contributed by atoms with Gasteiger partial charge in [-0.3, -0.25) is 4.79 Å². The molecule has 0 fully saturated rings. The summed E-state index contributed by atoms with van der Waals surface area (Å²) in [4.78, 5) is 21.8. The van der Waals surface area contributed by atoms with Crippen molar-refractivity contribution < 1.29 is 19.1 Å². The van der Waals surface area contributed by atoms with Gasteiger partial charge in [-0.05, 0) is 42.5 Å². The van der Waals surface area contributed by atoms with Gasteiger partial charge in [0.15, 0.2) is 0 Å². The van der Waals surface area contributed by atoms with Crippen LogP contribution >= 0.6 is 0 Å². The van der Waals surface area contributed by atoms with Crippen LogP contribution in [0.25, 0.3) is 6.08 Å². The van der Waals surface area contributed by atoms with E-state index in [1.165, 1.54) is 13.2 Å². The molecule has 0 saturated heterocycles. The molecule has 2 rings (SSSR count). The van der Waals surface area contributed by atoms with Crippen molar-refractivity contribution in [3.8, 4) is 11.5 Å². The molecule has 0 unspecified atom stereocenters. The number of benzene rings is 2. The van der Waals surface area contributed by atoms with Crippen LogP contribution < -0.4 is 4.74 Å². The molecule has 4 nitrogen and oxygen atoms in total. The summed E-state index contributed by atoms with van der Waals surface area (Å²) in [5.74, 6) is 0.826. The van der Waals surface area contributed by atoms with Gasteiger partial charge < -0.3 is 9.47 Å². The lowest BCUT2D eigenvalue weighted by molar-refractivity contribution is -0.104. The maximum absolute atomic E-state index is 11.4. The number of methoxy groups -OCH3 is 1. The maximum atomic E-state index is 11.4. The average molecular weight is 282 g/mol. The van der Waals surface area contributed by atoms with Gasteiger partial charge in [-0.1, -0.05) is 18.2 Å². The Balaban J connectivity index is 2.20. The second-order valence-electron chi connectivity index (χ2n) is 4.15. The minimum atomic E-state index is -0.393. The molecule has 2 aromatic rings. The molecule has 0 amide bonds. The van der Waals surface area contributed by atoms with E-state index < -0.39 is 5.97 Å². The molecule has 0 saturated carbocycles. The Morgan fingerprint density at radius 3 is 2.43 bits per heavy atom. The van der Waals surface area contributed by atoms with Crippen molar-refractivity contribution in [1.82, 2.24) is 0 Å². The summed E-state index contributed by atoms with van der Waals surface area (Å²) >= 11 is 0. The van der Waals surface area contributed by atoms with Gasteiger partial charge in [0.25, 0.3) is 0 Å². The van der Waals surface area contributed by atoms with Crippen molar-refractivity contribution in [2.75, 3.05) is 7.11 Å². The monoisotopic (exact) mass is 282 g/mol. The Morgan fingerprint density at radius 1 is 1.05 bits per heavy atom. The van der Waals surface area contributed by atoms with Crippen LogP contribution in [0.1, 0.15) is 15.9 Å². The quantitative estimate of drug-likeness (QED) is 0.478. The van der Waals surface area contributed by atoms with Crippen molar-refractivity contribution in [3.63, 3.8) is 0 Å². The SMILES string of the molecule is COC(=O)c1ccc(Oc2ccccc2/C=C/C=O)cc1. The molecule has 2 aromatic carbocycles. The van der Waals surface area contributed by atoms with Crippen molar-refractivity contribution in [1.29, 1.82) is 0 Å². The summed E-state index contributed by atoms with van der Waals surface area (Å²) in [5.41, 5.74) is 1.25. The van der Waals surface area contributed by atoms with Crippen LogP contribution in [-0.2, 0) is 9.53 Å². The molecule has 0 spiro atoms. The average Bonchev–Trinajstić information content (AvgIpc) is 2.54. The Labute approximate surface area is 122 Å². The highest BCUT2D eigenvalue weighted by molar-refractivity contribution is 5.89. The van der Waals surface area contributed by atoms with E-state index in [1.54, 1.807) is 36.4 Å². The topological polar surface area (TPSA) is 52.6 Å². The Bertz CT molecular complexity index is 657. The molecule has 0 aromatic heterocycles. The summed E-state index contributed by atoms with van der Waals surface area (Å²) in [7, 11) is 1.34. The molecule has 0 aliphatic heterocycles. The molecule has 0 aliphatic carbocycles. The third kappa shape index (κ3) is 3.79. The van der Waals surface area contributed by atoms with Crippen LogP contribution in [0.5, 0.6) is 11.5 Å². The minimum absolute atomic E-state index is 0.393. The van der Waals surface area contributed by atoms with Gasteiger partial charge in [-0.25, -0.2) is 4.79 Å². The van der Waals surface area contributed by atoms with Crippen molar-refractivity contribution >= 4 is 18.3 Å². The first-order chi connectivity index (χ1) is 10.2. The Morgan fingerprint density at radius 2 is 1.76 bits per heavy atom. The number of aldehydes is 1. The molecule has 0 atom stereocenters. The summed E-state index contributed by atoms with van der Waals surface area (Å²) in [5, 5.41) is 0. The van der Waals surface area contributed by atoms with E-state index >= 15 is 0 Å². The summed E-state index contributed by atoms with van der Waals surface area (Å²) in [6.07, 6.45) is 3.79. The number of allylic oxidation sites excluding steroid dienone is 1.